The summed E-state index contributed by atoms with van der Waals surface area (Å²) in [6.45, 7) is 0.522. The molecule has 2 aromatic rings. The molecule has 11 nitrogen and oxygen atoms in total. The Morgan fingerprint density at radius 1 is 1.57 bits per heavy atom. The van der Waals surface area contributed by atoms with Crippen LogP contribution in [0.5, 0.6) is 0 Å². The molecule has 23 heavy (non-hydrogen) atoms. The lowest BCUT2D eigenvalue weighted by Crippen LogP contribution is -2.50. The van der Waals surface area contributed by atoms with Crippen molar-refractivity contribution in [3.8, 4) is 0 Å². The standard InChI is InChI=1S/C12H15N5O6/c1-4(19)12(8(21)7(20)5(2-18)23-12)17-3-14-6-9(17)15-11(13)16-10(6)22/h3,5,7-8,18,20-21H,2H2,1H3,(H3,13,15,16,22)/t5-,7-,8-,12-/m1/s1. The van der Waals surface area contributed by atoms with E-state index in [-0.39, 0.29) is 17.1 Å². The summed E-state index contributed by atoms with van der Waals surface area (Å²) in [6, 6.07) is 0. The van der Waals surface area contributed by atoms with Gasteiger partial charge in [0.15, 0.2) is 16.9 Å². The van der Waals surface area contributed by atoms with Crippen LogP contribution in [-0.4, -0.2) is 65.5 Å². The largest absolute Gasteiger partial charge is 0.394 e. The van der Waals surface area contributed by atoms with Gasteiger partial charge in [-0.25, -0.2) is 4.98 Å². The van der Waals surface area contributed by atoms with Crippen molar-refractivity contribution in [2.75, 3.05) is 12.3 Å². The number of ether oxygens (including phenoxy) is 1. The molecule has 1 aliphatic rings. The second-order valence-corrected chi connectivity index (χ2v) is 5.26. The number of nitrogens with two attached hydrogens (primary N) is 1. The molecule has 3 heterocycles. The number of aliphatic hydroxyl groups excluding tert-OH is 3. The first-order valence-electron chi connectivity index (χ1n) is 6.72. The van der Waals surface area contributed by atoms with Crippen molar-refractivity contribution in [1.29, 1.82) is 0 Å². The number of nitrogens with zero attached hydrogens (tertiary/aromatic N) is 3. The SMILES string of the molecule is CC(=O)[C@@]1(n2cnc3c(=O)[nH]c(N)nc32)O[C@H](CO)[C@@H](O)[C@H]1O. The van der Waals surface area contributed by atoms with E-state index in [1.807, 2.05) is 0 Å². The zero-order valence-electron chi connectivity index (χ0n) is 12.0. The zero-order chi connectivity index (χ0) is 16.9. The van der Waals surface area contributed by atoms with Crippen LogP contribution in [0.1, 0.15) is 6.92 Å². The van der Waals surface area contributed by atoms with E-state index < -0.39 is 42.0 Å². The number of carbonyl (C=O) groups is 1. The molecular weight excluding hydrogens is 310 g/mol. The van der Waals surface area contributed by atoms with Gasteiger partial charge in [-0.3, -0.25) is 19.1 Å². The zero-order valence-corrected chi connectivity index (χ0v) is 12.0. The van der Waals surface area contributed by atoms with E-state index >= 15 is 0 Å². The molecule has 11 heteroatoms. The van der Waals surface area contributed by atoms with Crippen molar-refractivity contribution >= 4 is 22.9 Å². The Kier molecular flexibility index (Phi) is 3.44. The number of aliphatic hydroxyl groups is 3. The Labute approximate surface area is 128 Å². The van der Waals surface area contributed by atoms with Crippen LogP contribution in [0.25, 0.3) is 11.2 Å². The average molecular weight is 325 g/mol. The highest BCUT2D eigenvalue weighted by atomic mass is 16.6. The van der Waals surface area contributed by atoms with Crippen molar-refractivity contribution in [2.24, 2.45) is 0 Å². The number of hydrogen-bond donors (Lipinski definition) is 5. The van der Waals surface area contributed by atoms with Crippen LogP contribution in [0.2, 0.25) is 0 Å². The van der Waals surface area contributed by atoms with E-state index in [1.54, 1.807) is 0 Å². The molecule has 0 unspecified atom stereocenters. The normalized spacial score (nSPS) is 30.9. The summed E-state index contributed by atoms with van der Waals surface area (Å²) in [5.74, 6) is -0.880. The molecule has 1 aliphatic heterocycles. The minimum atomic E-state index is -2.07. The predicted molar refractivity (Wildman–Crippen MR) is 75.2 cm³/mol. The van der Waals surface area contributed by atoms with E-state index in [0.29, 0.717) is 0 Å². The van der Waals surface area contributed by atoms with Gasteiger partial charge in [-0.15, -0.1) is 0 Å². The second-order valence-electron chi connectivity index (χ2n) is 5.26. The lowest BCUT2D eigenvalue weighted by atomic mass is 9.99. The molecular formula is C12H15N5O6. The molecule has 2 aromatic heterocycles. The van der Waals surface area contributed by atoms with Crippen molar-refractivity contribution in [1.82, 2.24) is 19.5 Å². The average Bonchev–Trinajstić information content (AvgIpc) is 3.01. The highest BCUT2D eigenvalue weighted by Crippen LogP contribution is 2.37. The summed E-state index contributed by atoms with van der Waals surface area (Å²) in [5, 5.41) is 29.6. The molecule has 0 aromatic carbocycles. The molecule has 0 spiro atoms. The number of nitrogens with one attached hydrogen (secondary N) is 1. The van der Waals surface area contributed by atoms with Crippen LogP contribution in [0, 0.1) is 0 Å². The fraction of sp³-hybridized carbons (Fsp3) is 0.500. The summed E-state index contributed by atoms with van der Waals surface area (Å²) in [5.41, 5.74) is 2.59. The molecule has 3 rings (SSSR count). The number of rotatable bonds is 3. The second kappa shape index (κ2) is 5.09. The fourth-order valence-corrected chi connectivity index (χ4v) is 2.78. The first-order valence-corrected chi connectivity index (χ1v) is 6.72. The number of Topliss-reactive ketones (excluding diaryl/α,β-unsaturated/α-hetero) is 1. The minimum absolute atomic E-state index is 0.0914. The quantitative estimate of drug-likeness (QED) is 0.395. The number of imidazole rings is 1. The Bertz CT molecular complexity index is 831. The summed E-state index contributed by atoms with van der Waals surface area (Å²) in [4.78, 5) is 34.1. The maximum atomic E-state index is 12.2. The Morgan fingerprint density at radius 2 is 2.26 bits per heavy atom. The Balaban J connectivity index is 2.29. The van der Waals surface area contributed by atoms with Gasteiger partial charge in [0.1, 0.15) is 24.6 Å². The van der Waals surface area contributed by atoms with Crippen LogP contribution >= 0.6 is 0 Å². The van der Waals surface area contributed by atoms with Gasteiger partial charge in [0.05, 0.1) is 6.61 Å². The number of carbonyl (C=O) groups excluding carboxylic acids is 1. The van der Waals surface area contributed by atoms with Crippen molar-refractivity contribution in [2.45, 2.75) is 31.0 Å². The maximum absolute atomic E-state index is 12.2. The van der Waals surface area contributed by atoms with E-state index in [9.17, 15) is 24.9 Å². The predicted octanol–water partition coefficient (Wildman–Crippen LogP) is -2.94. The summed E-state index contributed by atoms with van der Waals surface area (Å²) < 4.78 is 6.49. The van der Waals surface area contributed by atoms with E-state index in [2.05, 4.69) is 15.0 Å². The number of anilines is 1. The van der Waals surface area contributed by atoms with Gasteiger partial charge >= 0.3 is 0 Å². The van der Waals surface area contributed by atoms with Crippen molar-refractivity contribution < 1.29 is 24.9 Å². The van der Waals surface area contributed by atoms with Crippen LogP contribution in [0.4, 0.5) is 5.95 Å². The topological polar surface area (TPSA) is 177 Å². The number of nitrogen functional groups attached to an aromatic ring is 1. The van der Waals surface area contributed by atoms with Gasteiger partial charge < -0.3 is 25.8 Å². The van der Waals surface area contributed by atoms with Crippen LogP contribution in [0.3, 0.4) is 0 Å². The van der Waals surface area contributed by atoms with Gasteiger partial charge in [-0.2, -0.15) is 4.98 Å². The Hall–Kier alpha value is -2.34. The van der Waals surface area contributed by atoms with Crippen molar-refractivity contribution in [3.05, 3.63) is 16.7 Å². The molecule has 0 radical (unpaired) electrons. The molecule has 0 aliphatic carbocycles. The van der Waals surface area contributed by atoms with E-state index in [1.165, 1.54) is 0 Å². The van der Waals surface area contributed by atoms with Crippen LogP contribution in [-0.2, 0) is 15.3 Å². The van der Waals surface area contributed by atoms with Gasteiger partial charge in [0.25, 0.3) is 5.56 Å². The number of hydrogen-bond acceptors (Lipinski definition) is 9. The smallest absolute Gasteiger partial charge is 0.280 e. The van der Waals surface area contributed by atoms with Crippen LogP contribution < -0.4 is 11.3 Å². The fourth-order valence-electron chi connectivity index (χ4n) is 2.78. The number of aromatic amines is 1. The third-order valence-electron chi connectivity index (χ3n) is 3.90. The molecule has 4 atom stereocenters. The summed E-state index contributed by atoms with van der Waals surface area (Å²) >= 11 is 0. The molecule has 1 fully saturated rings. The number of H-pyrrole nitrogens is 1. The third kappa shape index (κ3) is 1.98. The Morgan fingerprint density at radius 3 is 2.83 bits per heavy atom. The first kappa shape index (κ1) is 15.6. The molecule has 0 saturated carbocycles. The minimum Gasteiger partial charge on any atom is -0.394 e. The highest BCUT2D eigenvalue weighted by molar-refractivity contribution is 5.86. The van der Waals surface area contributed by atoms with Gasteiger partial charge in [-0.05, 0) is 6.92 Å². The molecule has 1 saturated heterocycles. The lowest BCUT2D eigenvalue weighted by molar-refractivity contribution is -0.171. The maximum Gasteiger partial charge on any atom is 0.280 e. The number of ketones is 1. The van der Waals surface area contributed by atoms with E-state index in [0.717, 1.165) is 17.8 Å². The third-order valence-corrected chi connectivity index (χ3v) is 3.90. The molecule has 6 N–H and O–H groups in total. The van der Waals surface area contributed by atoms with E-state index in [4.69, 9.17) is 10.5 Å². The van der Waals surface area contributed by atoms with Crippen molar-refractivity contribution in [3.63, 3.8) is 0 Å². The highest BCUT2D eigenvalue weighted by Gasteiger charge is 2.59. The summed E-state index contributed by atoms with van der Waals surface area (Å²) in [6.07, 6.45) is -3.31. The number of fused-ring (bicyclic) bond motifs is 1. The first-order chi connectivity index (χ1) is 10.8. The van der Waals surface area contributed by atoms with Gasteiger partial charge in [-0.1, -0.05) is 0 Å². The monoisotopic (exact) mass is 325 g/mol. The van der Waals surface area contributed by atoms with Gasteiger partial charge in [0, 0.05) is 0 Å². The molecule has 124 valence electrons. The summed E-state index contributed by atoms with van der Waals surface area (Å²) in [7, 11) is 0. The molecule has 0 bridgehead atoms. The van der Waals surface area contributed by atoms with Gasteiger partial charge in [0.2, 0.25) is 11.7 Å². The van der Waals surface area contributed by atoms with Crippen LogP contribution in [0.15, 0.2) is 11.1 Å². The number of aromatic nitrogens is 4. The lowest BCUT2D eigenvalue weighted by Gasteiger charge is -2.30. The molecule has 0 amide bonds.